The number of aryl methyl sites for hydroxylation is 1. The molecule has 4 aromatic rings. The van der Waals surface area contributed by atoms with Crippen LogP contribution in [0.4, 0.5) is 0 Å². The number of fused-ring (bicyclic) bond motifs is 3. The molecule has 2 heterocycles. The van der Waals surface area contributed by atoms with Crippen molar-refractivity contribution >= 4 is 21.7 Å². The Balaban J connectivity index is 2.12. The maximum absolute atomic E-state index is 12.5. The van der Waals surface area contributed by atoms with Gasteiger partial charge in [-0.3, -0.25) is 9.78 Å². The van der Waals surface area contributed by atoms with Crippen LogP contribution in [-0.4, -0.2) is 26.7 Å². The van der Waals surface area contributed by atoms with Crippen LogP contribution in [0.15, 0.2) is 47.5 Å². The van der Waals surface area contributed by atoms with E-state index in [-0.39, 0.29) is 22.8 Å². The number of aromatic nitrogens is 2. The van der Waals surface area contributed by atoms with E-state index in [1.165, 1.54) is 6.20 Å². The van der Waals surface area contributed by atoms with Crippen molar-refractivity contribution in [2.45, 2.75) is 19.8 Å². The topological polar surface area (TPSA) is 112 Å². The Morgan fingerprint density at radius 2 is 1.82 bits per heavy atom. The minimum absolute atomic E-state index is 0.0984. The van der Waals surface area contributed by atoms with E-state index in [9.17, 15) is 15.0 Å². The molecule has 1 atom stereocenters. The summed E-state index contributed by atoms with van der Waals surface area (Å²) in [5.41, 5.74) is 9.19. The largest absolute Gasteiger partial charge is 0.507 e. The molecule has 0 spiro atoms. The predicted molar refractivity (Wildman–Crippen MR) is 111 cm³/mol. The number of pyridine rings is 2. The van der Waals surface area contributed by atoms with Crippen molar-refractivity contribution in [3.05, 3.63) is 64.2 Å². The van der Waals surface area contributed by atoms with Gasteiger partial charge in [-0.2, -0.15) is 0 Å². The van der Waals surface area contributed by atoms with Gasteiger partial charge in [0.15, 0.2) is 0 Å². The number of nitrogens with two attached hydrogens (primary N) is 1. The van der Waals surface area contributed by atoms with Gasteiger partial charge in [0.2, 0.25) is 0 Å². The lowest BCUT2D eigenvalue weighted by Gasteiger charge is -2.15. The molecule has 0 saturated heterocycles. The molecule has 6 heteroatoms. The molecule has 0 fully saturated rings. The summed E-state index contributed by atoms with van der Waals surface area (Å²) >= 11 is 0. The Morgan fingerprint density at radius 3 is 2.50 bits per heavy atom. The summed E-state index contributed by atoms with van der Waals surface area (Å²) in [5.74, 6) is 0.136. The first-order valence-electron chi connectivity index (χ1n) is 9.08. The van der Waals surface area contributed by atoms with Gasteiger partial charge in [-0.05, 0) is 42.1 Å². The molecular weight excluding hydrogens is 354 g/mol. The molecule has 1 unspecified atom stereocenters. The number of phenolic OH excluding ortho intramolecular Hbond substituents is 1. The van der Waals surface area contributed by atoms with Gasteiger partial charge in [-0.1, -0.05) is 31.2 Å². The first kappa shape index (κ1) is 18.0. The van der Waals surface area contributed by atoms with E-state index in [0.717, 1.165) is 16.7 Å². The third-order valence-corrected chi connectivity index (χ3v) is 5.29. The van der Waals surface area contributed by atoms with E-state index >= 15 is 0 Å². The fourth-order valence-electron chi connectivity index (χ4n) is 3.69. The zero-order valence-corrected chi connectivity index (χ0v) is 15.7. The van der Waals surface area contributed by atoms with Crippen LogP contribution < -0.4 is 11.3 Å². The van der Waals surface area contributed by atoms with E-state index in [4.69, 9.17) is 5.73 Å². The fraction of sp³-hybridized carbons (Fsp3) is 0.182. The van der Waals surface area contributed by atoms with Crippen molar-refractivity contribution in [1.29, 1.82) is 0 Å². The van der Waals surface area contributed by atoms with Crippen molar-refractivity contribution in [3.8, 4) is 22.6 Å². The van der Waals surface area contributed by atoms with Gasteiger partial charge in [-0.15, -0.1) is 0 Å². The molecule has 2 aromatic carbocycles. The Morgan fingerprint density at radius 1 is 1.11 bits per heavy atom. The Kier molecular flexibility index (Phi) is 4.28. The van der Waals surface area contributed by atoms with Crippen LogP contribution in [0.1, 0.15) is 24.0 Å². The average molecular weight is 375 g/mol. The number of hydrogen-bond acceptors (Lipinski definition) is 5. The lowest BCUT2D eigenvalue weighted by atomic mass is 9.92. The summed E-state index contributed by atoms with van der Waals surface area (Å²) in [5, 5.41) is 22.2. The molecule has 0 saturated carbocycles. The standard InChI is InChI=1S/C22H21N3O3/c1-11-7-16(26)18(14-5-3-13(4-6-14)12(2)8-23)20-15-9-24-10-17(27)19(15)22(28)25-21(11)20/h3-7,9-10,12,26-27H,8,23H2,1-2H3,(H,25,28). The number of nitrogens with zero attached hydrogens (tertiary/aromatic N) is 1. The maximum Gasteiger partial charge on any atom is 0.260 e. The molecule has 0 amide bonds. The second-order valence-corrected chi connectivity index (χ2v) is 7.13. The van der Waals surface area contributed by atoms with E-state index < -0.39 is 5.56 Å². The van der Waals surface area contributed by atoms with Crippen LogP contribution in [-0.2, 0) is 0 Å². The number of nitrogens with one attached hydrogen (secondary N) is 1. The molecular formula is C22H21N3O3. The molecule has 0 aliphatic carbocycles. The lowest BCUT2D eigenvalue weighted by molar-refractivity contribution is 0.477. The van der Waals surface area contributed by atoms with Gasteiger partial charge in [0, 0.05) is 22.5 Å². The zero-order valence-electron chi connectivity index (χ0n) is 15.7. The second-order valence-electron chi connectivity index (χ2n) is 7.13. The predicted octanol–water partition coefficient (Wildman–Crippen LogP) is 3.53. The summed E-state index contributed by atoms with van der Waals surface area (Å²) in [6.07, 6.45) is 2.78. The highest BCUT2D eigenvalue weighted by molar-refractivity contribution is 6.15. The van der Waals surface area contributed by atoms with E-state index in [1.54, 1.807) is 12.3 Å². The van der Waals surface area contributed by atoms with Gasteiger partial charge < -0.3 is 20.9 Å². The third kappa shape index (κ3) is 2.70. The van der Waals surface area contributed by atoms with Crippen molar-refractivity contribution < 1.29 is 10.2 Å². The minimum atomic E-state index is -0.394. The van der Waals surface area contributed by atoms with Crippen molar-refractivity contribution in [2.24, 2.45) is 5.73 Å². The number of phenols is 1. The molecule has 28 heavy (non-hydrogen) atoms. The van der Waals surface area contributed by atoms with Crippen molar-refractivity contribution in [2.75, 3.05) is 6.54 Å². The smallest absolute Gasteiger partial charge is 0.260 e. The van der Waals surface area contributed by atoms with Gasteiger partial charge in [0.1, 0.15) is 11.5 Å². The van der Waals surface area contributed by atoms with E-state index in [0.29, 0.717) is 28.4 Å². The highest BCUT2D eigenvalue weighted by Crippen LogP contribution is 2.41. The highest BCUT2D eigenvalue weighted by atomic mass is 16.3. The molecule has 6 nitrogen and oxygen atoms in total. The summed E-state index contributed by atoms with van der Waals surface area (Å²) in [7, 11) is 0. The van der Waals surface area contributed by atoms with Crippen LogP contribution in [0.3, 0.4) is 0 Å². The minimum Gasteiger partial charge on any atom is -0.507 e. The van der Waals surface area contributed by atoms with Crippen LogP contribution in [0.25, 0.3) is 32.8 Å². The van der Waals surface area contributed by atoms with Gasteiger partial charge in [0.05, 0.1) is 17.1 Å². The lowest BCUT2D eigenvalue weighted by Crippen LogP contribution is -2.09. The molecule has 4 rings (SSSR count). The van der Waals surface area contributed by atoms with Crippen LogP contribution in [0, 0.1) is 6.92 Å². The number of benzene rings is 2. The molecule has 0 aliphatic heterocycles. The third-order valence-electron chi connectivity index (χ3n) is 5.29. The first-order chi connectivity index (χ1) is 13.4. The van der Waals surface area contributed by atoms with Crippen LogP contribution in [0.5, 0.6) is 11.5 Å². The van der Waals surface area contributed by atoms with Crippen molar-refractivity contribution in [3.63, 3.8) is 0 Å². The summed E-state index contributed by atoms with van der Waals surface area (Å²) in [6.45, 7) is 4.42. The first-order valence-corrected chi connectivity index (χ1v) is 9.08. The fourth-order valence-corrected chi connectivity index (χ4v) is 3.69. The maximum atomic E-state index is 12.5. The van der Waals surface area contributed by atoms with Crippen LogP contribution >= 0.6 is 0 Å². The molecule has 0 bridgehead atoms. The summed E-state index contributed by atoms with van der Waals surface area (Å²) < 4.78 is 0. The van der Waals surface area contributed by atoms with Gasteiger partial charge >= 0.3 is 0 Å². The monoisotopic (exact) mass is 375 g/mol. The number of hydrogen-bond donors (Lipinski definition) is 4. The zero-order chi connectivity index (χ0) is 20.0. The Bertz CT molecular complexity index is 1260. The molecule has 0 radical (unpaired) electrons. The van der Waals surface area contributed by atoms with Gasteiger partial charge in [-0.25, -0.2) is 0 Å². The second kappa shape index (κ2) is 6.65. The van der Waals surface area contributed by atoms with Crippen molar-refractivity contribution in [1.82, 2.24) is 9.97 Å². The molecule has 2 aromatic heterocycles. The molecule has 5 N–H and O–H groups in total. The average Bonchev–Trinajstić information content (AvgIpc) is 2.68. The quantitative estimate of drug-likeness (QED) is 0.409. The van der Waals surface area contributed by atoms with E-state index in [1.807, 2.05) is 31.2 Å². The number of aromatic hydroxyl groups is 2. The van der Waals surface area contributed by atoms with E-state index in [2.05, 4.69) is 16.9 Å². The number of H-pyrrole nitrogens is 1. The highest BCUT2D eigenvalue weighted by Gasteiger charge is 2.18. The molecule has 0 aliphatic rings. The summed E-state index contributed by atoms with van der Waals surface area (Å²) in [6, 6.07) is 9.46. The normalized spacial score (nSPS) is 12.5. The Hall–Kier alpha value is -3.38. The number of rotatable bonds is 3. The van der Waals surface area contributed by atoms with Gasteiger partial charge in [0.25, 0.3) is 5.56 Å². The Labute approximate surface area is 161 Å². The summed E-state index contributed by atoms with van der Waals surface area (Å²) in [4.78, 5) is 19.4. The molecule has 142 valence electrons. The van der Waals surface area contributed by atoms with Crippen LogP contribution in [0.2, 0.25) is 0 Å². The SMILES string of the molecule is Cc1cc(O)c(-c2ccc(C(C)CN)cc2)c2c1[nH]c(=O)c1c(O)cncc12. The number of aromatic amines is 1.